The van der Waals surface area contributed by atoms with Gasteiger partial charge in [0.25, 0.3) is 0 Å². The highest BCUT2D eigenvalue weighted by molar-refractivity contribution is 7.89. The molecule has 3 heterocycles. The third-order valence-electron chi connectivity index (χ3n) is 5.58. The SMILES string of the molecule is Cc1ccnc2c1n(CC(=O)O)c(=O)n2C1CCN(S(=O)(=O)c2ccccc2Cl)CC1. The summed E-state index contributed by atoms with van der Waals surface area (Å²) in [6.07, 6.45) is 2.37. The molecule has 3 aromatic rings. The van der Waals surface area contributed by atoms with Gasteiger partial charge in [0.15, 0.2) is 5.65 Å². The standard InChI is InChI=1S/C20H21ClN4O5S/c1-13-6-9-22-19-18(13)24(12-17(26)27)20(28)25(19)14-7-10-23(11-8-14)31(29,30)16-5-3-2-4-15(16)21/h2-6,9,14H,7-8,10-12H2,1H3,(H,26,27). The van der Waals surface area contributed by atoms with E-state index >= 15 is 0 Å². The molecular weight excluding hydrogens is 444 g/mol. The van der Waals surface area contributed by atoms with Gasteiger partial charge in [-0.05, 0) is 43.5 Å². The fourth-order valence-electron chi connectivity index (χ4n) is 4.11. The Labute approximate surface area is 183 Å². The minimum absolute atomic E-state index is 0.0580. The van der Waals surface area contributed by atoms with Gasteiger partial charge >= 0.3 is 11.7 Å². The smallest absolute Gasteiger partial charge is 0.331 e. The zero-order valence-corrected chi connectivity index (χ0v) is 18.3. The van der Waals surface area contributed by atoms with Crippen molar-refractivity contribution in [2.45, 2.75) is 37.2 Å². The molecule has 0 unspecified atom stereocenters. The van der Waals surface area contributed by atoms with E-state index < -0.39 is 28.2 Å². The normalized spacial score (nSPS) is 16.1. The number of hydrogen-bond donors (Lipinski definition) is 1. The van der Waals surface area contributed by atoms with Crippen molar-refractivity contribution in [3.05, 3.63) is 57.6 Å². The fraction of sp³-hybridized carbons (Fsp3) is 0.350. The summed E-state index contributed by atoms with van der Waals surface area (Å²) in [4.78, 5) is 28.8. The number of nitrogens with zero attached hydrogens (tertiary/aromatic N) is 4. The summed E-state index contributed by atoms with van der Waals surface area (Å²) < 4.78 is 30.1. The van der Waals surface area contributed by atoms with E-state index in [0.29, 0.717) is 24.0 Å². The topological polar surface area (TPSA) is 114 Å². The molecule has 9 nitrogen and oxygen atoms in total. The minimum atomic E-state index is -3.75. The first-order chi connectivity index (χ1) is 14.7. The van der Waals surface area contributed by atoms with Crippen molar-refractivity contribution in [3.63, 3.8) is 0 Å². The second-order valence-corrected chi connectivity index (χ2v) is 9.81. The maximum absolute atomic E-state index is 13.1. The molecule has 1 aliphatic heterocycles. The van der Waals surface area contributed by atoms with Crippen LogP contribution in [0, 0.1) is 6.92 Å². The molecule has 0 amide bonds. The summed E-state index contributed by atoms with van der Waals surface area (Å²) in [5.41, 5.74) is 1.20. The van der Waals surface area contributed by atoms with Crippen LogP contribution in [0.1, 0.15) is 24.4 Å². The van der Waals surface area contributed by atoms with Crippen LogP contribution in [0.2, 0.25) is 5.02 Å². The van der Waals surface area contributed by atoms with Crippen molar-refractivity contribution in [2.75, 3.05) is 13.1 Å². The number of carboxylic acid groups (broad SMARTS) is 1. The van der Waals surface area contributed by atoms with Crippen molar-refractivity contribution < 1.29 is 18.3 Å². The molecule has 2 aromatic heterocycles. The lowest BCUT2D eigenvalue weighted by Crippen LogP contribution is -2.41. The summed E-state index contributed by atoms with van der Waals surface area (Å²) in [6, 6.07) is 7.73. The molecule has 1 N–H and O–H groups in total. The zero-order chi connectivity index (χ0) is 22.3. The third kappa shape index (κ3) is 3.75. The molecule has 0 atom stereocenters. The van der Waals surface area contributed by atoms with Crippen LogP contribution in [0.4, 0.5) is 0 Å². The second-order valence-electron chi connectivity index (χ2n) is 7.50. The largest absolute Gasteiger partial charge is 0.480 e. The van der Waals surface area contributed by atoms with Crippen molar-refractivity contribution in [2.24, 2.45) is 0 Å². The first-order valence-electron chi connectivity index (χ1n) is 9.74. The van der Waals surface area contributed by atoms with Crippen LogP contribution in [-0.4, -0.2) is 51.0 Å². The first kappa shape index (κ1) is 21.5. The summed E-state index contributed by atoms with van der Waals surface area (Å²) in [5.74, 6) is -1.12. The zero-order valence-electron chi connectivity index (χ0n) is 16.7. The average Bonchev–Trinajstić information content (AvgIpc) is 3.00. The summed E-state index contributed by atoms with van der Waals surface area (Å²) in [6.45, 7) is 1.75. The number of fused-ring (bicyclic) bond motifs is 1. The van der Waals surface area contributed by atoms with Gasteiger partial charge in [-0.15, -0.1) is 0 Å². The van der Waals surface area contributed by atoms with E-state index in [2.05, 4.69) is 4.98 Å². The van der Waals surface area contributed by atoms with Crippen LogP contribution in [-0.2, 0) is 21.4 Å². The quantitative estimate of drug-likeness (QED) is 0.619. The van der Waals surface area contributed by atoms with E-state index in [1.54, 1.807) is 31.3 Å². The Morgan fingerprint density at radius 3 is 2.55 bits per heavy atom. The first-order valence-corrected chi connectivity index (χ1v) is 11.6. The number of aromatic nitrogens is 3. The molecule has 0 saturated carbocycles. The number of aryl methyl sites for hydroxylation is 1. The number of hydrogen-bond acceptors (Lipinski definition) is 5. The Kier molecular flexibility index (Phi) is 5.63. The van der Waals surface area contributed by atoms with Gasteiger partial charge in [0.2, 0.25) is 10.0 Å². The number of carboxylic acids is 1. The van der Waals surface area contributed by atoms with E-state index in [-0.39, 0.29) is 29.0 Å². The Hall–Kier alpha value is -2.69. The highest BCUT2D eigenvalue weighted by Crippen LogP contribution is 2.31. The van der Waals surface area contributed by atoms with Crippen LogP contribution in [0.25, 0.3) is 11.2 Å². The molecule has 1 aromatic carbocycles. The Morgan fingerprint density at radius 2 is 1.90 bits per heavy atom. The summed E-state index contributed by atoms with van der Waals surface area (Å²) >= 11 is 6.09. The van der Waals surface area contributed by atoms with Gasteiger partial charge in [0.1, 0.15) is 11.4 Å². The van der Waals surface area contributed by atoms with Gasteiger partial charge < -0.3 is 5.11 Å². The van der Waals surface area contributed by atoms with Gasteiger partial charge in [-0.25, -0.2) is 18.2 Å². The molecule has 0 radical (unpaired) electrons. The van der Waals surface area contributed by atoms with Gasteiger partial charge in [0.05, 0.1) is 10.5 Å². The predicted molar refractivity (Wildman–Crippen MR) is 115 cm³/mol. The average molecular weight is 465 g/mol. The molecular formula is C20H21ClN4O5S. The highest BCUT2D eigenvalue weighted by Gasteiger charge is 2.33. The number of piperidine rings is 1. The second kappa shape index (κ2) is 8.10. The fourth-order valence-corrected chi connectivity index (χ4v) is 6.07. The highest BCUT2D eigenvalue weighted by atomic mass is 35.5. The molecule has 164 valence electrons. The lowest BCUT2D eigenvalue weighted by atomic mass is 10.1. The monoisotopic (exact) mass is 464 g/mol. The molecule has 0 spiro atoms. The number of sulfonamides is 1. The van der Waals surface area contributed by atoms with Gasteiger partial charge in [-0.3, -0.25) is 13.9 Å². The van der Waals surface area contributed by atoms with Crippen molar-refractivity contribution >= 4 is 38.8 Å². The van der Waals surface area contributed by atoms with Crippen molar-refractivity contribution in [3.8, 4) is 0 Å². The van der Waals surface area contributed by atoms with Crippen molar-refractivity contribution in [1.82, 2.24) is 18.4 Å². The van der Waals surface area contributed by atoms with Gasteiger partial charge in [-0.2, -0.15) is 4.31 Å². The molecule has 0 aliphatic carbocycles. The number of aliphatic carboxylic acids is 1. The van der Waals surface area contributed by atoms with Gasteiger partial charge in [0, 0.05) is 25.3 Å². The Bertz CT molecular complexity index is 1320. The van der Waals surface area contributed by atoms with Crippen LogP contribution in [0.15, 0.2) is 46.2 Å². The molecule has 11 heteroatoms. The number of carbonyl (C=O) groups is 1. The molecule has 1 fully saturated rings. The minimum Gasteiger partial charge on any atom is -0.480 e. The maximum atomic E-state index is 13.1. The van der Waals surface area contributed by atoms with Crippen molar-refractivity contribution in [1.29, 1.82) is 0 Å². The van der Waals surface area contributed by atoms with E-state index in [9.17, 15) is 23.1 Å². The van der Waals surface area contributed by atoms with E-state index in [1.165, 1.54) is 25.6 Å². The molecule has 1 saturated heterocycles. The lowest BCUT2D eigenvalue weighted by molar-refractivity contribution is -0.137. The number of pyridine rings is 1. The van der Waals surface area contributed by atoms with E-state index in [1.807, 2.05) is 0 Å². The molecule has 1 aliphatic rings. The summed E-state index contributed by atoms with van der Waals surface area (Å²) in [5, 5.41) is 9.41. The summed E-state index contributed by atoms with van der Waals surface area (Å²) in [7, 11) is -3.75. The van der Waals surface area contributed by atoms with E-state index in [0.717, 1.165) is 5.56 Å². The lowest BCUT2D eigenvalue weighted by Gasteiger charge is -2.31. The Morgan fingerprint density at radius 1 is 1.23 bits per heavy atom. The Balaban J connectivity index is 1.66. The number of imidazole rings is 1. The van der Waals surface area contributed by atoms with Gasteiger partial charge in [-0.1, -0.05) is 23.7 Å². The number of rotatable bonds is 5. The third-order valence-corrected chi connectivity index (χ3v) is 7.98. The van der Waals surface area contributed by atoms with E-state index in [4.69, 9.17) is 11.6 Å². The van der Waals surface area contributed by atoms with Crippen LogP contribution < -0.4 is 5.69 Å². The van der Waals surface area contributed by atoms with Crippen LogP contribution in [0.3, 0.4) is 0 Å². The number of halogens is 1. The maximum Gasteiger partial charge on any atom is 0.331 e. The number of benzene rings is 1. The molecule has 4 rings (SSSR count). The molecule has 0 bridgehead atoms. The van der Waals surface area contributed by atoms with Crippen LogP contribution in [0.5, 0.6) is 0 Å². The predicted octanol–water partition coefficient (Wildman–Crippen LogP) is 2.27. The van der Waals surface area contributed by atoms with Crippen LogP contribution >= 0.6 is 11.6 Å². The molecule has 31 heavy (non-hydrogen) atoms.